The van der Waals surface area contributed by atoms with Crippen LogP contribution in [-0.4, -0.2) is 16.6 Å². The number of pyridine rings is 1. The molecule has 0 radical (unpaired) electrons. The maximum atomic E-state index is 6.73. The molecule has 3 heterocycles. The topological polar surface area (TPSA) is 33.5 Å². The molecule has 6 aromatic carbocycles. The predicted molar refractivity (Wildman–Crippen MR) is 215 cm³/mol. The van der Waals surface area contributed by atoms with Crippen molar-refractivity contribution in [2.24, 2.45) is 0 Å². The van der Waals surface area contributed by atoms with Crippen molar-refractivity contribution in [3.63, 3.8) is 0 Å². The minimum absolute atomic E-state index is 0. The third-order valence-electron chi connectivity index (χ3n) is 11.1. The Balaban J connectivity index is 0.00000384. The number of hydrogen-bond donors (Lipinski definition) is 0. The standard InChI is InChI=1S/C48H37N4O.Pt/c1-50-33-51(45-21-11-10-20-44(45)50)38-28-35(34-14-4-2-5-15-34)29-40(31-38)53-39-22-23-42-41-18-8-9-19-43(41)52(46(42)32-39)47-30-37(24-27-49-47)48(25-12-13-26-48)36-16-6-3-7-17-36;/h2-11,14-24,27-30,33H,12-13,25-26H2,1H3;/q-3;. The molecule has 5 nitrogen and oxygen atoms in total. The van der Waals surface area contributed by atoms with Crippen LogP contribution in [-0.2, 0) is 26.5 Å². The quantitative estimate of drug-likeness (QED) is 0.149. The largest absolute Gasteiger partial charge is 0.509 e. The van der Waals surface area contributed by atoms with Gasteiger partial charge in [0.15, 0.2) is 0 Å². The molecule has 54 heavy (non-hydrogen) atoms. The molecule has 268 valence electrons. The van der Waals surface area contributed by atoms with Gasteiger partial charge >= 0.3 is 0 Å². The Kier molecular flexibility index (Phi) is 8.83. The number of anilines is 3. The molecule has 10 rings (SSSR count). The van der Waals surface area contributed by atoms with Gasteiger partial charge in [0, 0.05) is 61.1 Å². The first-order valence-electron chi connectivity index (χ1n) is 18.4. The Morgan fingerprint density at radius 3 is 2.19 bits per heavy atom. The summed E-state index contributed by atoms with van der Waals surface area (Å²) in [5, 5.41) is 2.26. The van der Waals surface area contributed by atoms with E-state index >= 15 is 0 Å². The second-order valence-corrected chi connectivity index (χ2v) is 14.2. The number of hydrogen-bond acceptors (Lipinski definition) is 4. The van der Waals surface area contributed by atoms with E-state index in [1.807, 2.05) is 18.3 Å². The number of para-hydroxylation sites is 3. The fourth-order valence-electron chi connectivity index (χ4n) is 8.57. The van der Waals surface area contributed by atoms with Crippen molar-refractivity contribution in [3.8, 4) is 28.4 Å². The van der Waals surface area contributed by atoms with Gasteiger partial charge in [-0.25, -0.2) is 4.98 Å². The van der Waals surface area contributed by atoms with E-state index < -0.39 is 0 Å². The van der Waals surface area contributed by atoms with E-state index in [-0.39, 0.29) is 26.5 Å². The Morgan fingerprint density at radius 1 is 0.648 bits per heavy atom. The first-order valence-corrected chi connectivity index (χ1v) is 18.4. The zero-order chi connectivity index (χ0) is 35.4. The molecule has 0 atom stereocenters. The number of ether oxygens (including phenoxy) is 1. The van der Waals surface area contributed by atoms with Crippen molar-refractivity contribution in [1.82, 2.24) is 9.55 Å². The number of aromatic nitrogens is 2. The van der Waals surface area contributed by atoms with E-state index in [9.17, 15) is 0 Å². The van der Waals surface area contributed by atoms with Crippen molar-refractivity contribution in [3.05, 3.63) is 182 Å². The molecule has 0 N–H and O–H groups in total. The minimum atomic E-state index is -0.0188. The normalized spacial score (nSPS) is 14.7. The molecule has 0 bridgehead atoms. The van der Waals surface area contributed by atoms with E-state index in [4.69, 9.17) is 9.72 Å². The van der Waals surface area contributed by atoms with Gasteiger partial charge in [-0.05, 0) is 72.3 Å². The van der Waals surface area contributed by atoms with E-state index in [1.54, 1.807) is 0 Å². The fraction of sp³-hybridized carbons (Fsp3) is 0.125. The molecule has 0 saturated heterocycles. The molecular formula is C48H37N4OPt-3. The molecule has 2 aliphatic rings. The maximum Gasteiger partial charge on any atom is 0.135 e. The molecule has 2 aromatic heterocycles. The molecule has 0 amide bonds. The summed E-state index contributed by atoms with van der Waals surface area (Å²) in [6, 6.07) is 58.6. The molecule has 1 aliphatic heterocycles. The fourth-order valence-corrected chi connectivity index (χ4v) is 8.57. The van der Waals surface area contributed by atoms with E-state index in [0.29, 0.717) is 11.5 Å². The number of fused-ring (bicyclic) bond motifs is 4. The summed E-state index contributed by atoms with van der Waals surface area (Å²) in [4.78, 5) is 9.31. The second-order valence-electron chi connectivity index (χ2n) is 14.2. The molecule has 8 aromatic rings. The van der Waals surface area contributed by atoms with Crippen molar-refractivity contribution in [2.45, 2.75) is 31.1 Å². The summed E-state index contributed by atoms with van der Waals surface area (Å²) in [6.07, 6.45) is 6.69. The summed E-state index contributed by atoms with van der Waals surface area (Å²) in [5.74, 6) is 2.12. The van der Waals surface area contributed by atoms with E-state index in [1.165, 1.54) is 24.0 Å². The van der Waals surface area contributed by atoms with Crippen molar-refractivity contribution >= 4 is 38.9 Å². The molecule has 1 saturated carbocycles. The van der Waals surface area contributed by atoms with Crippen LogP contribution in [0, 0.1) is 18.8 Å². The zero-order valence-corrected chi connectivity index (χ0v) is 32.1. The third kappa shape index (κ3) is 5.79. The van der Waals surface area contributed by atoms with Crippen molar-refractivity contribution in [1.29, 1.82) is 0 Å². The smallest absolute Gasteiger partial charge is 0.135 e. The van der Waals surface area contributed by atoms with Crippen LogP contribution in [0.4, 0.5) is 17.1 Å². The average molecular weight is 881 g/mol. The van der Waals surface area contributed by atoms with Crippen LogP contribution in [0.3, 0.4) is 0 Å². The molecule has 6 heteroatoms. The van der Waals surface area contributed by atoms with Crippen molar-refractivity contribution in [2.75, 3.05) is 16.8 Å². The zero-order valence-electron chi connectivity index (χ0n) is 29.9. The Morgan fingerprint density at radius 2 is 1.37 bits per heavy atom. The molecule has 1 aliphatic carbocycles. The predicted octanol–water partition coefficient (Wildman–Crippen LogP) is 11.8. The first kappa shape index (κ1) is 34.1. The molecule has 1 fully saturated rings. The second kappa shape index (κ2) is 14.0. The van der Waals surface area contributed by atoms with E-state index in [2.05, 4.69) is 174 Å². The van der Waals surface area contributed by atoms with Gasteiger partial charge in [-0.1, -0.05) is 109 Å². The van der Waals surface area contributed by atoms with Crippen LogP contribution in [0.15, 0.2) is 152 Å². The van der Waals surface area contributed by atoms with Crippen LogP contribution < -0.4 is 14.5 Å². The maximum absolute atomic E-state index is 6.73. The number of rotatable bonds is 7. The number of benzene rings is 6. The van der Waals surface area contributed by atoms with Crippen LogP contribution in [0.2, 0.25) is 0 Å². The van der Waals surface area contributed by atoms with Crippen LogP contribution in [0.5, 0.6) is 11.5 Å². The van der Waals surface area contributed by atoms with Crippen LogP contribution in [0.25, 0.3) is 38.8 Å². The SMILES string of the molecule is CN1[CH-]N(c2[c-]c(Oc3[c-]c4c(cc3)c3ccccc3n4-c3cc(C4(c5ccccc5)CCCC4)ccn3)cc(-c3ccccc3)c2)c2ccccc21.[Pt]. The summed E-state index contributed by atoms with van der Waals surface area (Å²) in [6.45, 7) is 2.10. The van der Waals surface area contributed by atoms with Gasteiger partial charge in [0.2, 0.25) is 0 Å². The molecule has 0 unspecified atom stereocenters. The Bertz CT molecular complexity index is 2610. The van der Waals surface area contributed by atoms with Crippen LogP contribution in [0.1, 0.15) is 36.8 Å². The van der Waals surface area contributed by atoms with Crippen LogP contribution >= 0.6 is 0 Å². The first-order chi connectivity index (χ1) is 26.1. The Labute approximate surface area is 330 Å². The molecular weight excluding hydrogens is 844 g/mol. The minimum Gasteiger partial charge on any atom is -0.509 e. The third-order valence-corrected chi connectivity index (χ3v) is 11.1. The van der Waals surface area contributed by atoms with Gasteiger partial charge in [0.25, 0.3) is 0 Å². The Hall–Kier alpha value is -5.64. The summed E-state index contributed by atoms with van der Waals surface area (Å²) >= 11 is 0. The van der Waals surface area contributed by atoms with Gasteiger partial charge in [0.1, 0.15) is 5.82 Å². The summed E-state index contributed by atoms with van der Waals surface area (Å²) < 4.78 is 8.98. The number of nitrogens with zero attached hydrogens (tertiary/aromatic N) is 4. The van der Waals surface area contributed by atoms with Gasteiger partial charge in [-0.3, -0.25) is 0 Å². The monoisotopic (exact) mass is 880 g/mol. The van der Waals surface area contributed by atoms with Gasteiger partial charge in [-0.15, -0.1) is 47.0 Å². The van der Waals surface area contributed by atoms with Gasteiger partial charge in [0.05, 0.1) is 0 Å². The van der Waals surface area contributed by atoms with Crippen molar-refractivity contribution < 1.29 is 25.8 Å². The van der Waals surface area contributed by atoms with Gasteiger partial charge in [-0.2, -0.15) is 12.7 Å². The van der Waals surface area contributed by atoms with Gasteiger partial charge < -0.3 is 19.1 Å². The summed E-state index contributed by atoms with van der Waals surface area (Å²) in [5.41, 5.74) is 9.98. The average Bonchev–Trinajstić information content (AvgIpc) is 3.94. The summed E-state index contributed by atoms with van der Waals surface area (Å²) in [7, 11) is 2.07. The van der Waals surface area contributed by atoms with E-state index in [0.717, 1.165) is 68.7 Å². The molecule has 0 spiro atoms.